The molecule has 0 saturated carbocycles. The number of β-amino-alcohol motifs (C(OH)–C–C–N with tert-alkyl or cyclic N) is 1. The van der Waals surface area contributed by atoms with Crippen molar-refractivity contribution in [3.8, 4) is 0 Å². The number of aliphatic hydroxyl groups is 1. The van der Waals surface area contributed by atoms with E-state index in [4.69, 9.17) is 14.6 Å². The van der Waals surface area contributed by atoms with Crippen LogP contribution >= 0.6 is 0 Å². The van der Waals surface area contributed by atoms with Crippen LogP contribution < -0.4 is 10.6 Å². The van der Waals surface area contributed by atoms with Crippen LogP contribution in [0.2, 0.25) is 0 Å². The summed E-state index contributed by atoms with van der Waals surface area (Å²) >= 11 is 0. The molecule has 2 heterocycles. The van der Waals surface area contributed by atoms with Crippen LogP contribution in [-0.4, -0.2) is 92.3 Å². The summed E-state index contributed by atoms with van der Waals surface area (Å²) in [5.41, 5.74) is 1.54. The average Bonchev–Trinajstić information content (AvgIpc) is 3.05. The van der Waals surface area contributed by atoms with Crippen LogP contribution in [0.3, 0.4) is 0 Å². The molecule has 30 heavy (non-hydrogen) atoms. The third-order valence-electron chi connectivity index (χ3n) is 4.86. The lowest BCUT2D eigenvalue weighted by Crippen LogP contribution is -2.41. The van der Waals surface area contributed by atoms with E-state index in [1.165, 1.54) is 12.0 Å². The van der Waals surface area contributed by atoms with Crippen LogP contribution in [0.25, 0.3) is 0 Å². The Bertz CT molecular complexity index is 817. The molecular formula is C20H26N4O6. The molecule has 10 nitrogen and oxygen atoms in total. The largest absolute Gasteiger partial charge is 0.466 e. The first kappa shape index (κ1) is 21.8. The lowest BCUT2D eigenvalue weighted by molar-refractivity contribution is -0.136. The fourth-order valence-corrected chi connectivity index (χ4v) is 3.29. The van der Waals surface area contributed by atoms with E-state index in [1.807, 2.05) is 4.90 Å². The number of anilines is 2. The molecule has 2 amide bonds. The topological polar surface area (TPSA) is 120 Å². The molecule has 1 saturated heterocycles. The Balaban J connectivity index is 1.63. The molecule has 0 aromatic heterocycles. The standard InChI is InChI=1S/C20H26N4O6/c1-29-20(28)16-12-24(6-9-25)19(27)18(16)22-15-4-2-14(3-5-15)21-17(26)13-23-7-10-30-11-8-23/h2-5,22,25H,6-13H2,1H3,(H,21,26). The van der Waals surface area contributed by atoms with Crippen LogP contribution in [0.4, 0.5) is 11.4 Å². The number of amides is 2. The normalized spacial score (nSPS) is 17.3. The van der Waals surface area contributed by atoms with Gasteiger partial charge in [0.05, 0.1) is 45.6 Å². The monoisotopic (exact) mass is 418 g/mol. The molecule has 162 valence electrons. The summed E-state index contributed by atoms with van der Waals surface area (Å²) in [5.74, 6) is -1.09. The molecule has 3 rings (SSSR count). The van der Waals surface area contributed by atoms with E-state index >= 15 is 0 Å². The Hall–Kier alpha value is -2.95. The van der Waals surface area contributed by atoms with Gasteiger partial charge in [0, 0.05) is 31.0 Å². The summed E-state index contributed by atoms with van der Waals surface area (Å²) in [6, 6.07) is 6.83. The number of morpholine rings is 1. The average molecular weight is 418 g/mol. The van der Waals surface area contributed by atoms with Gasteiger partial charge >= 0.3 is 5.97 Å². The van der Waals surface area contributed by atoms with E-state index < -0.39 is 5.97 Å². The smallest absolute Gasteiger partial charge is 0.337 e. The summed E-state index contributed by atoms with van der Waals surface area (Å²) in [4.78, 5) is 40.2. The van der Waals surface area contributed by atoms with E-state index in [0.717, 1.165) is 13.1 Å². The number of aliphatic hydroxyl groups excluding tert-OH is 1. The van der Waals surface area contributed by atoms with E-state index in [-0.39, 0.29) is 42.8 Å². The number of nitrogens with one attached hydrogen (secondary N) is 2. The molecule has 0 bridgehead atoms. The molecule has 0 spiro atoms. The summed E-state index contributed by atoms with van der Waals surface area (Å²) in [5, 5.41) is 14.9. The lowest BCUT2D eigenvalue weighted by Gasteiger charge is -2.25. The van der Waals surface area contributed by atoms with Gasteiger partial charge in [-0.2, -0.15) is 0 Å². The van der Waals surface area contributed by atoms with Crippen molar-refractivity contribution in [3.05, 3.63) is 35.5 Å². The molecule has 2 aliphatic heterocycles. The maximum absolute atomic E-state index is 12.5. The van der Waals surface area contributed by atoms with Gasteiger partial charge in [0.1, 0.15) is 5.70 Å². The van der Waals surface area contributed by atoms with E-state index in [2.05, 4.69) is 10.6 Å². The summed E-state index contributed by atoms with van der Waals surface area (Å²) in [6.45, 7) is 3.02. The van der Waals surface area contributed by atoms with Gasteiger partial charge in [-0.05, 0) is 24.3 Å². The third-order valence-corrected chi connectivity index (χ3v) is 4.86. The second kappa shape index (κ2) is 10.2. The van der Waals surface area contributed by atoms with Crippen molar-refractivity contribution in [1.82, 2.24) is 9.80 Å². The number of hydrogen-bond donors (Lipinski definition) is 3. The Kier molecular flexibility index (Phi) is 7.39. The zero-order valence-corrected chi connectivity index (χ0v) is 16.8. The predicted molar refractivity (Wildman–Crippen MR) is 109 cm³/mol. The maximum Gasteiger partial charge on any atom is 0.337 e. The molecule has 0 aliphatic carbocycles. The number of ether oxygens (including phenoxy) is 2. The zero-order chi connectivity index (χ0) is 21.5. The van der Waals surface area contributed by atoms with Crippen LogP contribution in [0.1, 0.15) is 0 Å². The summed E-state index contributed by atoms with van der Waals surface area (Å²) in [6.07, 6.45) is 0. The van der Waals surface area contributed by atoms with Crippen molar-refractivity contribution in [2.24, 2.45) is 0 Å². The molecule has 1 fully saturated rings. The van der Waals surface area contributed by atoms with Crippen LogP contribution in [0.5, 0.6) is 0 Å². The molecule has 2 aliphatic rings. The van der Waals surface area contributed by atoms with Crippen molar-refractivity contribution in [1.29, 1.82) is 0 Å². The molecule has 3 N–H and O–H groups in total. The molecule has 1 aromatic carbocycles. The second-order valence-corrected chi connectivity index (χ2v) is 6.93. The lowest BCUT2D eigenvalue weighted by atomic mass is 10.2. The predicted octanol–water partition coefficient (Wildman–Crippen LogP) is -0.369. The van der Waals surface area contributed by atoms with Gasteiger partial charge in [0.15, 0.2) is 0 Å². The number of methoxy groups -OCH3 is 1. The van der Waals surface area contributed by atoms with Crippen molar-refractivity contribution < 1.29 is 29.0 Å². The number of rotatable bonds is 8. The highest BCUT2D eigenvalue weighted by molar-refractivity contribution is 6.08. The molecule has 0 unspecified atom stereocenters. The SMILES string of the molecule is COC(=O)C1=C(Nc2ccc(NC(=O)CN3CCOCC3)cc2)C(=O)N(CCO)C1. The number of benzene rings is 1. The Morgan fingerprint density at radius 1 is 1.17 bits per heavy atom. The Morgan fingerprint density at radius 2 is 1.83 bits per heavy atom. The van der Waals surface area contributed by atoms with E-state index in [9.17, 15) is 14.4 Å². The van der Waals surface area contributed by atoms with Gasteiger partial charge < -0.3 is 30.1 Å². The molecular weight excluding hydrogens is 392 g/mol. The minimum absolute atomic E-state index is 0.0735. The highest BCUT2D eigenvalue weighted by Crippen LogP contribution is 2.23. The minimum atomic E-state index is -0.599. The molecule has 0 atom stereocenters. The maximum atomic E-state index is 12.5. The van der Waals surface area contributed by atoms with Crippen molar-refractivity contribution in [3.63, 3.8) is 0 Å². The Morgan fingerprint density at radius 3 is 2.47 bits per heavy atom. The molecule has 0 radical (unpaired) electrons. The van der Waals surface area contributed by atoms with Gasteiger partial charge in [-0.25, -0.2) is 4.79 Å². The molecule has 10 heteroatoms. The van der Waals surface area contributed by atoms with Gasteiger partial charge in [0.25, 0.3) is 5.91 Å². The fraction of sp³-hybridized carbons (Fsp3) is 0.450. The highest BCUT2D eigenvalue weighted by Gasteiger charge is 2.34. The van der Waals surface area contributed by atoms with Crippen molar-refractivity contribution in [2.75, 3.05) is 70.3 Å². The van der Waals surface area contributed by atoms with E-state index in [0.29, 0.717) is 31.1 Å². The number of nitrogens with zero attached hydrogens (tertiary/aromatic N) is 2. The third kappa shape index (κ3) is 5.35. The van der Waals surface area contributed by atoms with Crippen LogP contribution in [-0.2, 0) is 23.9 Å². The fourth-order valence-electron chi connectivity index (χ4n) is 3.29. The van der Waals surface area contributed by atoms with E-state index in [1.54, 1.807) is 24.3 Å². The summed E-state index contributed by atoms with van der Waals surface area (Å²) in [7, 11) is 1.25. The number of hydrogen-bond acceptors (Lipinski definition) is 8. The summed E-state index contributed by atoms with van der Waals surface area (Å²) < 4.78 is 10.0. The van der Waals surface area contributed by atoms with Crippen molar-refractivity contribution in [2.45, 2.75) is 0 Å². The van der Waals surface area contributed by atoms with Crippen LogP contribution in [0.15, 0.2) is 35.5 Å². The second-order valence-electron chi connectivity index (χ2n) is 6.93. The first-order valence-electron chi connectivity index (χ1n) is 9.70. The number of esters is 1. The quantitative estimate of drug-likeness (QED) is 0.489. The van der Waals surface area contributed by atoms with Crippen LogP contribution in [0, 0.1) is 0 Å². The number of carbonyl (C=O) groups excluding carboxylic acids is 3. The Labute approximate surface area is 174 Å². The van der Waals surface area contributed by atoms with Gasteiger partial charge in [0.2, 0.25) is 5.91 Å². The first-order valence-corrected chi connectivity index (χ1v) is 9.70. The van der Waals surface area contributed by atoms with Gasteiger partial charge in [-0.15, -0.1) is 0 Å². The first-order chi connectivity index (χ1) is 14.5. The zero-order valence-electron chi connectivity index (χ0n) is 16.8. The highest BCUT2D eigenvalue weighted by atomic mass is 16.5. The molecule has 1 aromatic rings. The van der Waals surface area contributed by atoms with Crippen molar-refractivity contribution >= 4 is 29.2 Å². The minimum Gasteiger partial charge on any atom is -0.466 e. The van der Waals surface area contributed by atoms with Gasteiger partial charge in [-0.1, -0.05) is 0 Å². The van der Waals surface area contributed by atoms with Gasteiger partial charge in [-0.3, -0.25) is 14.5 Å². The number of carbonyl (C=O) groups is 3.